The van der Waals surface area contributed by atoms with Crippen LogP contribution in [-0.2, 0) is 5.54 Å². The minimum Gasteiger partial charge on any atom is -0.508 e. The topological polar surface area (TPSA) is 42.2 Å². The highest BCUT2D eigenvalue weighted by Gasteiger charge is 2.18. The first-order valence-electron chi connectivity index (χ1n) is 5.41. The maximum absolute atomic E-state index is 11.9. The van der Waals surface area contributed by atoms with Gasteiger partial charge in [0, 0.05) is 6.07 Å². The summed E-state index contributed by atoms with van der Waals surface area (Å²) in [4.78, 5) is 12.7. The summed E-state index contributed by atoms with van der Waals surface area (Å²) in [6.07, 6.45) is 0. The third-order valence-corrected chi connectivity index (χ3v) is 3.84. The second-order valence-corrected chi connectivity index (χ2v) is 5.94. The van der Waals surface area contributed by atoms with Gasteiger partial charge in [0.05, 0.1) is 10.4 Å². The number of benzene rings is 1. The van der Waals surface area contributed by atoms with E-state index in [9.17, 15) is 9.90 Å². The summed E-state index contributed by atoms with van der Waals surface area (Å²) in [5.41, 5.74) is 0.660. The Bertz CT molecular complexity index is 590. The fraction of sp³-hybridized carbons (Fsp3) is 0.308. The fourth-order valence-corrected chi connectivity index (χ4v) is 2.60. The van der Waals surface area contributed by atoms with E-state index in [0.717, 1.165) is 10.4 Å². The summed E-state index contributed by atoms with van der Waals surface area (Å²) >= 11 is 1.42. The number of hydrogen-bond donors (Lipinski definition) is 1. The van der Waals surface area contributed by atoms with Crippen LogP contribution in [0.2, 0.25) is 0 Å². The van der Waals surface area contributed by atoms with Crippen LogP contribution in [0.25, 0.3) is 10.4 Å². The van der Waals surface area contributed by atoms with Gasteiger partial charge in [0.2, 0.25) is 0 Å². The molecule has 0 atom stereocenters. The minimum atomic E-state index is -0.211. The summed E-state index contributed by atoms with van der Waals surface area (Å²) in [6.45, 7) is 5.99. The molecule has 1 heterocycles. The molecule has 0 spiro atoms. The van der Waals surface area contributed by atoms with Gasteiger partial charge < -0.3 is 5.11 Å². The molecule has 0 saturated heterocycles. The number of phenols is 1. The highest BCUT2D eigenvalue weighted by atomic mass is 32.1. The Morgan fingerprint density at radius 3 is 2.47 bits per heavy atom. The van der Waals surface area contributed by atoms with Crippen LogP contribution in [0, 0.1) is 0 Å². The van der Waals surface area contributed by atoms with Gasteiger partial charge >= 0.3 is 0 Å². The van der Waals surface area contributed by atoms with Gasteiger partial charge in [0.15, 0.2) is 0 Å². The van der Waals surface area contributed by atoms with Crippen molar-refractivity contribution >= 4 is 11.5 Å². The number of phenolic OH excluding ortho intramolecular Hbond substituents is 1. The molecule has 1 aromatic carbocycles. The van der Waals surface area contributed by atoms with Gasteiger partial charge in [0.1, 0.15) is 5.75 Å². The SMILES string of the molecule is CC(C)(C)n1sc(-c2cccc(O)c2)cc1=O. The number of aromatic nitrogens is 1. The van der Waals surface area contributed by atoms with Crippen molar-refractivity contribution in [3.05, 3.63) is 40.7 Å². The molecule has 0 aliphatic heterocycles. The summed E-state index contributed by atoms with van der Waals surface area (Å²) in [5, 5.41) is 9.43. The Hall–Kier alpha value is -1.55. The van der Waals surface area contributed by atoms with Gasteiger partial charge in [-0.1, -0.05) is 23.7 Å². The molecule has 0 amide bonds. The normalized spacial score (nSPS) is 11.7. The molecule has 2 aromatic rings. The molecule has 1 aromatic heterocycles. The van der Waals surface area contributed by atoms with Gasteiger partial charge in [-0.05, 0) is 38.5 Å². The third kappa shape index (κ3) is 2.42. The Kier molecular flexibility index (Phi) is 2.83. The van der Waals surface area contributed by atoms with E-state index in [1.165, 1.54) is 11.5 Å². The van der Waals surface area contributed by atoms with Crippen molar-refractivity contribution in [2.75, 3.05) is 0 Å². The second kappa shape index (κ2) is 4.04. The minimum absolute atomic E-state index is 0.000780. The number of rotatable bonds is 1. The quantitative estimate of drug-likeness (QED) is 0.844. The van der Waals surface area contributed by atoms with E-state index in [4.69, 9.17) is 0 Å². The predicted octanol–water partition coefficient (Wildman–Crippen LogP) is 3.04. The first kappa shape index (κ1) is 11.9. The lowest BCUT2D eigenvalue weighted by molar-refractivity contribution is 0.419. The fourth-order valence-electron chi connectivity index (χ4n) is 1.60. The zero-order valence-electron chi connectivity index (χ0n) is 10.1. The van der Waals surface area contributed by atoms with Crippen LogP contribution < -0.4 is 5.56 Å². The largest absolute Gasteiger partial charge is 0.508 e. The lowest BCUT2D eigenvalue weighted by Crippen LogP contribution is -2.28. The van der Waals surface area contributed by atoms with Crippen molar-refractivity contribution in [3.63, 3.8) is 0 Å². The van der Waals surface area contributed by atoms with E-state index < -0.39 is 0 Å². The molecule has 17 heavy (non-hydrogen) atoms. The standard InChI is InChI=1S/C13H15NO2S/c1-13(2,3)14-12(16)8-11(17-14)9-5-4-6-10(15)7-9/h4-8,15H,1-3H3. The van der Waals surface area contributed by atoms with Crippen molar-refractivity contribution in [1.29, 1.82) is 0 Å². The van der Waals surface area contributed by atoms with E-state index in [2.05, 4.69) is 0 Å². The molecular formula is C13H15NO2S. The number of aromatic hydroxyl groups is 1. The van der Waals surface area contributed by atoms with Gasteiger partial charge in [-0.3, -0.25) is 8.75 Å². The molecule has 0 aliphatic rings. The summed E-state index contributed by atoms with van der Waals surface area (Å²) < 4.78 is 1.74. The Labute approximate surface area is 104 Å². The second-order valence-electron chi connectivity index (χ2n) is 4.95. The Morgan fingerprint density at radius 1 is 1.24 bits per heavy atom. The molecule has 90 valence electrons. The first-order valence-corrected chi connectivity index (χ1v) is 6.18. The van der Waals surface area contributed by atoms with Crippen LogP contribution in [0.5, 0.6) is 5.75 Å². The van der Waals surface area contributed by atoms with Crippen LogP contribution in [0.1, 0.15) is 20.8 Å². The van der Waals surface area contributed by atoms with Crippen LogP contribution in [-0.4, -0.2) is 9.06 Å². The maximum Gasteiger partial charge on any atom is 0.261 e. The Balaban J connectivity index is 2.53. The van der Waals surface area contributed by atoms with Gasteiger partial charge in [-0.25, -0.2) is 0 Å². The molecular weight excluding hydrogens is 234 g/mol. The van der Waals surface area contributed by atoms with Crippen molar-refractivity contribution < 1.29 is 5.11 Å². The van der Waals surface area contributed by atoms with E-state index in [-0.39, 0.29) is 16.8 Å². The summed E-state index contributed by atoms with van der Waals surface area (Å²) in [5.74, 6) is 0.214. The summed E-state index contributed by atoms with van der Waals surface area (Å²) in [6, 6.07) is 8.56. The zero-order valence-corrected chi connectivity index (χ0v) is 10.9. The monoisotopic (exact) mass is 249 g/mol. The summed E-state index contributed by atoms with van der Waals surface area (Å²) in [7, 11) is 0. The average molecular weight is 249 g/mol. The third-order valence-electron chi connectivity index (χ3n) is 2.38. The molecule has 4 heteroatoms. The molecule has 3 nitrogen and oxygen atoms in total. The zero-order chi connectivity index (χ0) is 12.6. The van der Waals surface area contributed by atoms with Crippen LogP contribution >= 0.6 is 11.5 Å². The smallest absolute Gasteiger partial charge is 0.261 e. The lowest BCUT2D eigenvalue weighted by Gasteiger charge is -2.18. The molecule has 2 rings (SSSR count). The van der Waals surface area contributed by atoms with Crippen molar-refractivity contribution in [3.8, 4) is 16.2 Å². The predicted molar refractivity (Wildman–Crippen MR) is 70.7 cm³/mol. The van der Waals surface area contributed by atoms with Crippen LogP contribution in [0.4, 0.5) is 0 Å². The van der Waals surface area contributed by atoms with Crippen molar-refractivity contribution in [2.24, 2.45) is 0 Å². The molecule has 0 radical (unpaired) electrons. The van der Waals surface area contributed by atoms with Crippen LogP contribution in [0.3, 0.4) is 0 Å². The van der Waals surface area contributed by atoms with Crippen LogP contribution in [0.15, 0.2) is 35.1 Å². The highest BCUT2D eigenvalue weighted by Crippen LogP contribution is 2.28. The lowest BCUT2D eigenvalue weighted by atomic mass is 10.1. The molecule has 0 fully saturated rings. The highest BCUT2D eigenvalue weighted by molar-refractivity contribution is 7.10. The Morgan fingerprint density at radius 2 is 1.94 bits per heavy atom. The molecule has 0 bridgehead atoms. The van der Waals surface area contributed by atoms with Crippen molar-refractivity contribution in [2.45, 2.75) is 26.3 Å². The van der Waals surface area contributed by atoms with E-state index in [1.807, 2.05) is 26.8 Å². The van der Waals surface area contributed by atoms with Crippen molar-refractivity contribution in [1.82, 2.24) is 3.96 Å². The first-order chi connectivity index (χ1) is 7.88. The van der Waals surface area contributed by atoms with E-state index >= 15 is 0 Å². The van der Waals surface area contributed by atoms with Gasteiger partial charge in [-0.2, -0.15) is 0 Å². The molecule has 0 unspecified atom stereocenters. The van der Waals surface area contributed by atoms with E-state index in [1.54, 1.807) is 28.2 Å². The number of nitrogens with zero attached hydrogens (tertiary/aromatic N) is 1. The number of hydrogen-bond acceptors (Lipinski definition) is 3. The molecule has 0 aliphatic carbocycles. The van der Waals surface area contributed by atoms with Gasteiger partial charge in [-0.15, -0.1) is 0 Å². The molecule has 0 saturated carbocycles. The van der Waals surface area contributed by atoms with E-state index in [0.29, 0.717) is 0 Å². The molecule has 1 N–H and O–H groups in total. The maximum atomic E-state index is 11.9. The van der Waals surface area contributed by atoms with Gasteiger partial charge in [0.25, 0.3) is 5.56 Å². The average Bonchev–Trinajstić information content (AvgIpc) is 2.60.